The van der Waals surface area contributed by atoms with Crippen LogP contribution < -0.4 is 10.2 Å². The highest BCUT2D eigenvalue weighted by Crippen LogP contribution is 2.26. The van der Waals surface area contributed by atoms with Gasteiger partial charge in [-0.2, -0.15) is 0 Å². The number of nitrogens with one attached hydrogen (secondary N) is 1. The molecular weight excluding hydrogens is 286 g/mol. The molecule has 0 saturated carbocycles. The van der Waals surface area contributed by atoms with Crippen LogP contribution in [0.4, 0.5) is 5.69 Å². The van der Waals surface area contributed by atoms with Gasteiger partial charge in [0.2, 0.25) is 5.91 Å². The number of hydrogen-bond acceptors (Lipinski definition) is 3. The molecule has 1 amide bonds. The second-order valence-electron chi connectivity index (χ2n) is 6.16. The van der Waals surface area contributed by atoms with Crippen LogP contribution in [0.2, 0.25) is 0 Å². The summed E-state index contributed by atoms with van der Waals surface area (Å²) in [5, 5.41) is 5.68. The summed E-state index contributed by atoms with van der Waals surface area (Å²) in [5.74, 6) is 0.178. The summed E-state index contributed by atoms with van der Waals surface area (Å²) in [5.41, 5.74) is 1.01. The molecule has 1 aliphatic rings. The Bertz CT molecular complexity index is 680. The normalized spacial score (nSPS) is 19.0. The standard InChI is InChI=1S/C19H25N3O/c1-3-22(19(23)14-21-12-11-20-13-15(21)2)18-10-6-8-16-7-4-5-9-17(16)18/h4-10,15,20H,3,11-14H2,1-2H3/t15-/m1/s1. The van der Waals surface area contributed by atoms with Gasteiger partial charge in [0.05, 0.1) is 12.2 Å². The summed E-state index contributed by atoms with van der Waals surface area (Å²) >= 11 is 0. The van der Waals surface area contributed by atoms with E-state index in [4.69, 9.17) is 0 Å². The molecule has 0 bridgehead atoms. The molecule has 1 saturated heterocycles. The van der Waals surface area contributed by atoms with Gasteiger partial charge in [0, 0.05) is 37.6 Å². The number of likely N-dealkylation sites (N-methyl/N-ethyl adjacent to an activating group) is 1. The van der Waals surface area contributed by atoms with Crippen molar-refractivity contribution < 1.29 is 4.79 Å². The predicted molar refractivity (Wildman–Crippen MR) is 95.9 cm³/mol. The number of anilines is 1. The zero-order chi connectivity index (χ0) is 16.2. The van der Waals surface area contributed by atoms with Crippen LogP contribution in [-0.4, -0.2) is 49.6 Å². The lowest BCUT2D eigenvalue weighted by atomic mass is 10.1. The molecule has 0 aromatic heterocycles. The summed E-state index contributed by atoms with van der Waals surface area (Å²) in [6.07, 6.45) is 0. The van der Waals surface area contributed by atoms with E-state index in [-0.39, 0.29) is 5.91 Å². The van der Waals surface area contributed by atoms with Crippen LogP contribution in [-0.2, 0) is 4.79 Å². The zero-order valence-corrected chi connectivity index (χ0v) is 14.0. The number of benzene rings is 2. The van der Waals surface area contributed by atoms with Crippen LogP contribution in [0.15, 0.2) is 42.5 Å². The van der Waals surface area contributed by atoms with Crippen LogP contribution in [0.3, 0.4) is 0 Å². The third kappa shape index (κ3) is 3.38. The minimum absolute atomic E-state index is 0.178. The number of amides is 1. The van der Waals surface area contributed by atoms with Gasteiger partial charge in [0.15, 0.2) is 0 Å². The van der Waals surface area contributed by atoms with Crippen molar-refractivity contribution in [2.75, 3.05) is 37.6 Å². The van der Waals surface area contributed by atoms with Crippen molar-refractivity contribution in [1.29, 1.82) is 0 Å². The predicted octanol–water partition coefficient (Wildman–Crippen LogP) is 2.49. The molecule has 0 radical (unpaired) electrons. The number of hydrogen-bond donors (Lipinski definition) is 1. The first-order chi connectivity index (χ1) is 11.2. The Morgan fingerprint density at radius 2 is 2.04 bits per heavy atom. The molecule has 1 fully saturated rings. The molecule has 2 aromatic carbocycles. The zero-order valence-electron chi connectivity index (χ0n) is 14.0. The Kier molecular flexibility index (Phi) is 4.94. The van der Waals surface area contributed by atoms with E-state index in [0.29, 0.717) is 19.1 Å². The first kappa shape index (κ1) is 16.0. The highest BCUT2D eigenvalue weighted by atomic mass is 16.2. The fourth-order valence-corrected chi connectivity index (χ4v) is 3.30. The van der Waals surface area contributed by atoms with E-state index in [2.05, 4.69) is 35.3 Å². The van der Waals surface area contributed by atoms with Gasteiger partial charge >= 0.3 is 0 Å². The Balaban J connectivity index is 1.84. The molecule has 122 valence electrons. The number of nitrogens with zero attached hydrogens (tertiary/aromatic N) is 2. The van der Waals surface area contributed by atoms with Gasteiger partial charge in [-0.1, -0.05) is 36.4 Å². The summed E-state index contributed by atoms with van der Waals surface area (Å²) < 4.78 is 0. The first-order valence-electron chi connectivity index (χ1n) is 8.43. The fourth-order valence-electron chi connectivity index (χ4n) is 3.30. The third-order valence-electron chi connectivity index (χ3n) is 4.65. The monoisotopic (exact) mass is 311 g/mol. The molecule has 23 heavy (non-hydrogen) atoms. The molecule has 4 heteroatoms. The van der Waals surface area contributed by atoms with E-state index >= 15 is 0 Å². The molecule has 0 aliphatic carbocycles. The molecule has 4 nitrogen and oxygen atoms in total. The topological polar surface area (TPSA) is 35.6 Å². The maximum absolute atomic E-state index is 12.9. The quantitative estimate of drug-likeness (QED) is 0.942. The van der Waals surface area contributed by atoms with Gasteiger partial charge in [-0.05, 0) is 25.3 Å². The van der Waals surface area contributed by atoms with E-state index in [0.717, 1.165) is 30.7 Å². The maximum atomic E-state index is 12.9. The van der Waals surface area contributed by atoms with Gasteiger partial charge in [0.25, 0.3) is 0 Å². The van der Waals surface area contributed by atoms with Crippen LogP contribution in [0.1, 0.15) is 13.8 Å². The van der Waals surface area contributed by atoms with Gasteiger partial charge in [0.1, 0.15) is 0 Å². The van der Waals surface area contributed by atoms with Crippen molar-refractivity contribution in [2.24, 2.45) is 0 Å². The van der Waals surface area contributed by atoms with Crippen LogP contribution in [0.25, 0.3) is 10.8 Å². The van der Waals surface area contributed by atoms with Gasteiger partial charge in [-0.25, -0.2) is 0 Å². The van der Waals surface area contributed by atoms with E-state index in [1.807, 2.05) is 36.1 Å². The van der Waals surface area contributed by atoms with E-state index in [1.165, 1.54) is 5.39 Å². The number of fused-ring (bicyclic) bond motifs is 1. The molecule has 1 N–H and O–H groups in total. The minimum Gasteiger partial charge on any atom is -0.314 e. The fraction of sp³-hybridized carbons (Fsp3) is 0.421. The first-order valence-corrected chi connectivity index (χ1v) is 8.43. The van der Waals surface area contributed by atoms with Crippen LogP contribution in [0.5, 0.6) is 0 Å². The SMILES string of the molecule is CCN(C(=O)CN1CCNC[C@H]1C)c1cccc2ccccc12. The van der Waals surface area contributed by atoms with Crippen molar-refractivity contribution in [3.63, 3.8) is 0 Å². The Morgan fingerprint density at radius 3 is 2.83 bits per heavy atom. The lowest BCUT2D eigenvalue weighted by Gasteiger charge is -2.35. The summed E-state index contributed by atoms with van der Waals surface area (Å²) in [7, 11) is 0. The molecular formula is C19H25N3O. The minimum atomic E-state index is 0.178. The average molecular weight is 311 g/mol. The summed E-state index contributed by atoms with van der Waals surface area (Å²) in [6, 6.07) is 14.8. The molecule has 3 rings (SSSR count). The lowest BCUT2D eigenvalue weighted by Crippen LogP contribution is -2.53. The number of rotatable bonds is 4. The highest BCUT2D eigenvalue weighted by molar-refractivity contribution is 6.04. The summed E-state index contributed by atoms with van der Waals surface area (Å²) in [4.78, 5) is 17.1. The third-order valence-corrected chi connectivity index (χ3v) is 4.65. The summed E-state index contributed by atoms with van der Waals surface area (Å²) in [6.45, 7) is 8.23. The molecule has 1 heterocycles. The number of carbonyl (C=O) groups excluding carboxylic acids is 1. The van der Waals surface area contributed by atoms with Gasteiger partial charge in [-0.15, -0.1) is 0 Å². The smallest absolute Gasteiger partial charge is 0.241 e. The Labute approximate surface area is 138 Å². The van der Waals surface area contributed by atoms with E-state index in [9.17, 15) is 4.79 Å². The highest BCUT2D eigenvalue weighted by Gasteiger charge is 2.23. The second-order valence-corrected chi connectivity index (χ2v) is 6.16. The van der Waals surface area contributed by atoms with Crippen molar-refractivity contribution in [3.05, 3.63) is 42.5 Å². The van der Waals surface area contributed by atoms with E-state index < -0.39 is 0 Å². The number of carbonyl (C=O) groups is 1. The molecule has 1 atom stereocenters. The average Bonchev–Trinajstić information content (AvgIpc) is 2.58. The van der Waals surface area contributed by atoms with Crippen molar-refractivity contribution in [1.82, 2.24) is 10.2 Å². The van der Waals surface area contributed by atoms with Gasteiger partial charge < -0.3 is 10.2 Å². The molecule has 2 aromatic rings. The molecule has 0 spiro atoms. The van der Waals surface area contributed by atoms with Crippen molar-refractivity contribution in [3.8, 4) is 0 Å². The maximum Gasteiger partial charge on any atom is 0.241 e. The van der Waals surface area contributed by atoms with Crippen LogP contribution in [0, 0.1) is 0 Å². The lowest BCUT2D eigenvalue weighted by molar-refractivity contribution is -0.120. The number of piperazine rings is 1. The van der Waals surface area contributed by atoms with E-state index in [1.54, 1.807) is 0 Å². The Hall–Kier alpha value is -1.91. The largest absolute Gasteiger partial charge is 0.314 e. The molecule has 1 aliphatic heterocycles. The molecule has 0 unspecified atom stereocenters. The van der Waals surface area contributed by atoms with Crippen molar-refractivity contribution in [2.45, 2.75) is 19.9 Å². The Morgan fingerprint density at radius 1 is 1.26 bits per heavy atom. The van der Waals surface area contributed by atoms with Crippen molar-refractivity contribution >= 4 is 22.4 Å². The van der Waals surface area contributed by atoms with Gasteiger partial charge in [-0.3, -0.25) is 9.69 Å². The van der Waals surface area contributed by atoms with Crippen LogP contribution >= 0.6 is 0 Å². The second kappa shape index (κ2) is 7.11.